The monoisotopic (exact) mass is 502 g/mol. The zero-order valence-electron chi connectivity index (χ0n) is 16.1. The van der Waals surface area contributed by atoms with Crippen LogP contribution in [0.1, 0.15) is 40.9 Å². The molecule has 1 aromatic heterocycles. The quantitative estimate of drug-likeness (QED) is 0.337. The number of hydrogen-bond acceptors (Lipinski definition) is 3. The van der Waals surface area contributed by atoms with E-state index in [4.69, 9.17) is 4.99 Å². The topological polar surface area (TPSA) is 49.3 Å². The van der Waals surface area contributed by atoms with Gasteiger partial charge in [-0.1, -0.05) is 18.2 Å². The SMILES string of the molecule is CCNC(=NCC1(c2ccccc2F)CC1)NCCc1nc(C)c(C)s1.I. The molecule has 1 aliphatic carbocycles. The highest BCUT2D eigenvalue weighted by atomic mass is 127. The predicted octanol–water partition coefficient (Wildman–Crippen LogP) is 4.35. The molecule has 0 spiro atoms. The lowest BCUT2D eigenvalue weighted by Gasteiger charge is -2.16. The zero-order valence-corrected chi connectivity index (χ0v) is 19.3. The van der Waals surface area contributed by atoms with E-state index in [1.807, 2.05) is 19.1 Å². The van der Waals surface area contributed by atoms with E-state index in [1.54, 1.807) is 23.5 Å². The van der Waals surface area contributed by atoms with Crippen LogP contribution in [0.5, 0.6) is 0 Å². The van der Waals surface area contributed by atoms with Crippen molar-refractivity contribution in [3.05, 3.63) is 51.2 Å². The second kappa shape index (κ2) is 9.82. The minimum absolute atomic E-state index is 0. The third-order valence-corrected chi connectivity index (χ3v) is 6.02. The van der Waals surface area contributed by atoms with Gasteiger partial charge in [0.05, 0.1) is 17.2 Å². The van der Waals surface area contributed by atoms with Gasteiger partial charge < -0.3 is 10.6 Å². The number of halogens is 2. The van der Waals surface area contributed by atoms with Gasteiger partial charge in [0.25, 0.3) is 0 Å². The fraction of sp³-hybridized carbons (Fsp3) is 0.500. The van der Waals surface area contributed by atoms with E-state index in [-0.39, 0.29) is 35.2 Å². The normalized spacial score (nSPS) is 15.2. The minimum atomic E-state index is -0.128. The van der Waals surface area contributed by atoms with E-state index in [0.29, 0.717) is 6.54 Å². The van der Waals surface area contributed by atoms with Crippen LogP contribution in [0, 0.1) is 19.7 Å². The Hall–Kier alpha value is -1.22. The summed E-state index contributed by atoms with van der Waals surface area (Å²) in [7, 11) is 0. The molecule has 148 valence electrons. The molecule has 27 heavy (non-hydrogen) atoms. The summed E-state index contributed by atoms with van der Waals surface area (Å²) in [5.41, 5.74) is 1.79. The van der Waals surface area contributed by atoms with Crippen LogP contribution in [-0.2, 0) is 11.8 Å². The largest absolute Gasteiger partial charge is 0.357 e. The fourth-order valence-corrected chi connectivity index (χ4v) is 3.99. The highest BCUT2D eigenvalue weighted by molar-refractivity contribution is 14.0. The Bertz CT molecular complexity index is 767. The molecule has 1 fully saturated rings. The predicted molar refractivity (Wildman–Crippen MR) is 122 cm³/mol. The van der Waals surface area contributed by atoms with Gasteiger partial charge >= 0.3 is 0 Å². The number of nitrogens with zero attached hydrogens (tertiary/aromatic N) is 2. The molecule has 1 heterocycles. The Labute approximate surface area is 182 Å². The molecule has 0 bridgehead atoms. The van der Waals surface area contributed by atoms with E-state index < -0.39 is 0 Å². The first kappa shape index (κ1) is 22.1. The highest BCUT2D eigenvalue weighted by Crippen LogP contribution is 2.49. The van der Waals surface area contributed by atoms with Gasteiger partial charge in [-0.3, -0.25) is 4.99 Å². The van der Waals surface area contributed by atoms with Crippen LogP contribution in [0.3, 0.4) is 0 Å². The van der Waals surface area contributed by atoms with Crippen LogP contribution < -0.4 is 10.6 Å². The van der Waals surface area contributed by atoms with Crippen LogP contribution in [0.4, 0.5) is 4.39 Å². The zero-order chi connectivity index (χ0) is 18.6. The summed E-state index contributed by atoms with van der Waals surface area (Å²) in [6.45, 7) is 8.39. The number of aryl methyl sites for hydroxylation is 2. The molecule has 2 aromatic rings. The smallest absolute Gasteiger partial charge is 0.191 e. The first-order valence-corrected chi connectivity index (χ1v) is 10.1. The van der Waals surface area contributed by atoms with Gasteiger partial charge in [0.2, 0.25) is 0 Å². The van der Waals surface area contributed by atoms with E-state index in [1.165, 1.54) is 4.88 Å². The third-order valence-electron chi connectivity index (χ3n) is 4.89. The van der Waals surface area contributed by atoms with Crippen molar-refractivity contribution in [3.8, 4) is 0 Å². The second-order valence-corrected chi connectivity index (χ2v) is 8.17. The molecule has 0 aliphatic heterocycles. The highest BCUT2D eigenvalue weighted by Gasteiger charge is 2.45. The van der Waals surface area contributed by atoms with Crippen molar-refractivity contribution >= 4 is 41.3 Å². The van der Waals surface area contributed by atoms with Crippen LogP contribution in [0.15, 0.2) is 29.3 Å². The molecule has 1 saturated carbocycles. The lowest BCUT2D eigenvalue weighted by atomic mass is 9.95. The molecule has 7 heteroatoms. The van der Waals surface area contributed by atoms with Crippen LogP contribution in [-0.4, -0.2) is 30.6 Å². The number of benzene rings is 1. The maximum atomic E-state index is 14.1. The molecule has 0 atom stereocenters. The summed E-state index contributed by atoms with van der Waals surface area (Å²) in [6, 6.07) is 7.08. The Balaban J connectivity index is 0.00000261. The van der Waals surface area contributed by atoms with Gasteiger partial charge in [0.15, 0.2) is 5.96 Å². The molecule has 0 amide bonds. The van der Waals surface area contributed by atoms with Crippen molar-refractivity contribution in [2.45, 2.75) is 45.4 Å². The molecule has 4 nitrogen and oxygen atoms in total. The van der Waals surface area contributed by atoms with Crippen molar-refractivity contribution in [1.82, 2.24) is 15.6 Å². The first-order valence-electron chi connectivity index (χ1n) is 9.24. The van der Waals surface area contributed by atoms with Gasteiger partial charge in [-0.25, -0.2) is 9.37 Å². The van der Waals surface area contributed by atoms with Crippen LogP contribution in [0.25, 0.3) is 0 Å². The van der Waals surface area contributed by atoms with E-state index in [0.717, 1.165) is 54.6 Å². The van der Waals surface area contributed by atoms with Crippen molar-refractivity contribution < 1.29 is 4.39 Å². The Kier molecular flexibility index (Phi) is 8.03. The van der Waals surface area contributed by atoms with Crippen molar-refractivity contribution in [1.29, 1.82) is 0 Å². The van der Waals surface area contributed by atoms with Crippen molar-refractivity contribution in [3.63, 3.8) is 0 Å². The van der Waals surface area contributed by atoms with Gasteiger partial charge in [-0.15, -0.1) is 35.3 Å². The Morgan fingerprint density at radius 2 is 2.00 bits per heavy atom. The number of aliphatic imine (C=N–C) groups is 1. The molecule has 0 radical (unpaired) electrons. The standard InChI is InChI=1S/C20H27FN4S.HI/c1-4-22-19(23-12-9-18-25-14(2)15(3)26-18)24-13-20(10-11-20)16-7-5-6-8-17(16)21;/h5-8H,4,9-13H2,1-3H3,(H2,22,23,24);1H. The van der Waals surface area contributed by atoms with Gasteiger partial charge in [-0.05, 0) is 45.2 Å². The number of rotatable bonds is 7. The maximum absolute atomic E-state index is 14.1. The molecule has 2 N–H and O–H groups in total. The summed E-state index contributed by atoms with van der Waals surface area (Å²) in [5.74, 6) is 0.674. The molecular formula is C20H28FIN4S. The van der Waals surface area contributed by atoms with Crippen LogP contribution in [0.2, 0.25) is 0 Å². The number of thiazole rings is 1. The number of aromatic nitrogens is 1. The lowest BCUT2D eigenvalue weighted by Crippen LogP contribution is -2.39. The summed E-state index contributed by atoms with van der Waals surface area (Å²) in [5, 5.41) is 7.80. The molecule has 0 unspecified atom stereocenters. The average Bonchev–Trinajstić information content (AvgIpc) is 3.33. The molecular weight excluding hydrogens is 474 g/mol. The molecule has 1 aromatic carbocycles. The lowest BCUT2D eigenvalue weighted by molar-refractivity contribution is 0.572. The van der Waals surface area contributed by atoms with Gasteiger partial charge in [0, 0.05) is 29.8 Å². The van der Waals surface area contributed by atoms with Crippen LogP contribution >= 0.6 is 35.3 Å². The summed E-state index contributed by atoms with van der Waals surface area (Å²) in [6.07, 6.45) is 2.87. The fourth-order valence-electron chi connectivity index (χ4n) is 3.06. The summed E-state index contributed by atoms with van der Waals surface area (Å²) >= 11 is 1.75. The summed E-state index contributed by atoms with van der Waals surface area (Å²) < 4.78 is 14.1. The summed E-state index contributed by atoms with van der Waals surface area (Å²) in [4.78, 5) is 10.6. The van der Waals surface area contributed by atoms with Gasteiger partial charge in [-0.2, -0.15) is 0 Å². The minimum Gasteiger partial charge on any atom is -0.357 e. The van der Waals surface area contributed by atoms with E-state index in [9.17, 15) is 4.39 Å². The van der Waals surface area contributed by atoms with Crippen molar-refractivity contribution in [2.75, 3.05) is 19.6 Å². The van der Waals surface area contributed by atoms with Gasteiger partial charge in [0.1, 0.15) is 5.82 Å². The van der Waals surface area contributed by atoms with Crippen molar-refractivity contribution in [2.24, 2.45) is 4.99 Å². The molecule has 1 aliphatic rings. The first-order chi connectivity index (χ1) is 12.5. The second-order valence-electron chi connectivity index (χ2n) is 6.88. The number of guanidine groups is 1. The number of nitrogens with one attached hydrogen (secondary N) is 2. The molecule has 0 saturated heterocycles. The molecule has 3 rings (SSSR count). The number of hydrogen-bond donors (Lipinski definition) is 2. The third kappa shape index (κ3) is 5.63. The average molecular weight is 502 g/mol. The van der Waals surface area contributed by atoms with E-state index in [2.05, 4.69) is 29.5 Å². The van der Waals surface area contributed by atoms with E-state index >= 15 is 0 Å². The maximum Gasteiger partial charge on any atom is 0.191 e. The Morgan fingerprint density at radius 3 is 2.59 bits per heavy atom. The Morgan fingerprint density at radius 1 is 1.26 bits per heavy atom.